The maximum Gasteiger partial charge on any atom is 0.240 e. The highest BCUT2D eigenvalue weighted by Gasteiger charge is 1.95. The summed E-state index contributed by atoms with van der Waals surface area (Å²) in [5, 5.41) is 20.6. The van der Waals surface area contributed by atoms with Gasteiger partial charge < -0.3 is 4.84 Å². The average molecular weight is 221 g/mol. The summed E-state index contributed by atoms with van der Waals surface area (Å²) in [7, 11) is 0. The third kappa shape index (κ3) is 3.55. The smallest absolute Gasteiger partial charge is 0.240 e. The maximum atomic E-state index is 8.35. The second kappa shape index (κ2) is 5.48. The number of nitriles is 2. The molecule has 0 atom stereocenters. The van der Waals surface area contributed by atoms with Crippen molar-refractivity contribution in [2.24, 2.45) is 5.10 Å². The van der Waals surface area contributed by atoms with Gasteiger partial charge in [0.05, 0.1) is 0 Å². The second-order valence-corrected chi connectivity index (χ2v) is 2.77. The summed E-state index contributed by atoms with van der Waals surface area (Å²) in [6.45, 7) is 0. The zero-order chi connectivity index (χ0) is 11.1. The Kier molecular flexibility index (Phi) is 3.96. The van der Waals surface area contributed by atoms with Crippen molar-refractivity contribution < 1.29 is 4.84 Å². The van der Waals surface area contributed by atoms with Crippen LogP contribution in [0.25, 0.3) is 0 Å². The van der Waals surface area contributed by atoms with Crippen molar-refractivity contribution in [2.75, 3.05) is 0 Å². The summed E-state index contributed by atoms with van der Waals surface area (Å²) < 4.78 is 0. The van der Waals surface area contributed by atoms with Gasteiger partial charge in [-0.25, -0.2) is 0 Å². The van der Waals surface area contributed by atoms with E-state index in [0.717, 1.165) is 0 Å². The van der Waals surface area contributed by atoms with Crippen LogP contribution in [-0.4, -0.2) is 5.71 Å². The Morgan fingerprint density at radius 3 is 2.73 bits per heavy atom. The van der Waals surface area contributed by atoms with Crippen LogP contribution in [0, 0.1) is 22.7 Å². The molecule has 0 saturated heterocycles. The van der Waals surface area contributed by atoms with E-state index in [1.54, 1.807) is 36.4 Å². The lowest BCUT2D eigenvalue weighted by Crippen LogP contribution is -2.13. The number of nitrogens with one attached hydrogen (secondary N) is 1. The van der Waals surface area contributed by atoms with Crippen LogP contribution in [0.3, 0.4) is 0 Å². The van der Waals surface area contributed by atoms with E-state index in [1.165, 1.54) is 0 Å². The minimum Gasteiger partial charge on any atom is -0.365 e. The third-order valence-electron chi connectivity index (χ3n) is 1.33. The number of nitrogens with zero attached hydrogens (tertiary/aromatic N) is 3. The molecule has 0 amide bonds. The van der Waals surface area contributed by atoms with Crippen molar-refractivity contribution in [3.8, 4) is 17.9 Å². The van der Waals surface area contributed by atoms with E-state index in [0.29, 0.717) is 10.8 Å². The number of benzene rings is 1. The molecule has 1 aromatic rings. The molecule has 0 aromatic heterocycles. The van der Waals surface area contributed by atoms with Gasteiger partial charge in [0.2, 0.25) is 5.71 Å². The number of rotatable bonds is 3. The highest BCUT2D eigenvalue weighted by molar-refractivity contribution is 6.30. The fourth-order valence-corrected chi connectivity index (χ4v) is 0.907. The number of hydrogen-bond donors (Lipinski definition) is 1. The zero-order valence-corrected chi connectivity index (χ0v) is 8.19. The first-order chi connectivity index (χ1) is 7.26. The van der Waals surface area contributed by atoms with Gasteiger partial charge in [0.25, 0.3) is 0 Å². The third-order valence-corrected chi connectivity index (χ3v) is 1.56. The average Bonchev–Trinajstić information content (AvgIpc) is 2.25. The van der Waals surface area contributed by atoms with Crippen molar-refractivity contribution in [1.82, 2.24) is 5.59 Å². The topological polar surface area (TPSA) is 81.2 Å². The van der Waals surface area contributed by atoms with E-state index in [1.807, 2.05) is 0 Å². The molecule has 1 rings (SSSR count). The van der Waals surface area contributed by atoms with Crippen LogP contribution in [0.4, 0.5) is 0 Å². The van der Waals surface area contributed by atoms with Gasteiger partial charge in [0.15, 0.2) is 5.75 Å². The van der Waals surface area contributed by atoms with Crippen molar-refractivity contribution in [3.05, 3.63) is 29.3 Å². The van der Waals surface area contributed by atoms with Crippen molar-refractivity contribution >= 4 is 17.3 Å². The molecule has 0 heterocycles. The molecule has 0 aliphatic carbocycles. The molecule has 0 fully saturated rings. The predicted molar refractivity (Wildman–Crippen MR) is 53.9 cm³/mol. The van der Waals surface area contributed by atoms with Crippen molar-refractivity contribution in [1.29, 1.82) is 10.5 Å². The van der Waals surface area contributed by atoms with E-state index in [-0.39, 0.29) is 5.71 Å². The second-order valence-electron chi connectivity index (χ2n) is 2.33. The van der Waals surface area contributed by atoms with E-state index in [4.69, 9.17) is 27.0 Å². The lowest BCUT2D eigenvalue weighted by Gasteiger charge is -2.02. The van der Waals surface area contributed by atoms with Crippen LogP contribution in [0.2, 0.25) is 5.02 Å². The van der Waals surface area contributed by atoms with Crippen LogP contribution < -0.4 is 10.4 Å². The molecule has 1 N–H and O–H groups in total. The van der Waals surface area contributed by atoms with Gasteiger partial charge in [-0.1, -0.05) is 17.7 Å². The van der Waals surface area contributed by atoms with Gasteiger partial charge in [-0.3, -0.25) is 0 Å². The highest BCUT2D eigenvalue weighted by atomic mass is 35.5. The van der Waals surface area contributed by atoms with Gasteiger partial charge in [-0.2, -0.15) is 10.5 Å². The van der Waals surface area contributed by atoms with Gasteiger partial charge in [-0.15, -0.1) is 10.7 Å². The molecule has 0 radical (unpaired) electrons. The molecule has 0 bridgehead atoms. The minimum atomic E-state index is -0.322. The van der Waals surface area contributed by atoms with E-state index in [9.17, 15) is 0 Å². The van der Waals surface area contributed by atoms with Crippen molar-refractivity contribution in [3.63, 3.8) is 0 Å². The van der Waals surface area contributed by atoms with Gasteiger partial charge in [0.1, 0.15) is 12.1 Å². The Morgan fingerprint density at radius 1 is 1.40 bits per heavy atom. The fourth-order valence-electron chi connectivity index (χ4n) is 0.727. The van der Waals surface area contributed by atoms with Gasteiger partial charge in [0, 0.05) is 11.1 Å². The highest BCUT2D eigenvalue weighted by Crippen LogP contribution is 2.15. The maximum absolute atomic E-state index is 8.35. The molecule has 5 nitrogen and oxygen atoms in total. The summed E-state index contributed by atoms with van der Waals surface area (Å²) in [4.78, 5) is 4.90. The molecule has 1 aromatic carbocycles. The normalized spacial score (nSPS) is 8.20. The zero-order valence-electron chi connectivity index (χ0n) is 7.44. The minimum absolute atomic E-state index is 0.322. The summed E-state index contributed by atoms with van der Waals surface area (Å²) in [5.74, 6) is 0.432. The largest absolute Gasteiger partial charge is 0.365 e. The Morgan fingerprint density at radius 2 is 2.13 bits per heavy atom. The number of hydrogen-bond acceptors (Lipinski definition) is 5. The first-order valence-electron chi connectivity index (χ1n) is 3.81. The quantitative estimate of drug-likeness (QED) is 0.620. The Bertz CT molecular complexity index is 442. The molecule has 0 aliphatic heterocycles. The van der Waals surface area contributed by atoms with E-state index in [2.05, 4.69) is 10.7 Å². The molecule has 15 heavy (non-hydrogen) atoms. The van der Waals surface area contributed by atoms with Gasteiger partial charge >= 0.3 is 0 Å². The van der Waals surface area contributed by atoms with Crippen molar-refractivity contribution in [2.45, 2.75) is 0 Å². The number of hydrazone groups is 1. The van der Waals surface area contributed by atoms with E-state index < -0.39 is 0 Å². The standard InChI is InChI=1S/C9H5ClN4O/c10-7-2-1-3-9(4-7)15-14-13-8(5-11)6-12/h1-4,14H. The van der Waals surface area contributed by atoms with Crippen LogP contribution in [0.1, 0.15) is 0 Å². The molecule has 0 unspecified atom stereocenters. The molecule has 0 spiro atoms. The SMILES string of the molecule is N#CC(C#N)=NNOc1cccc(Cl)c1. The lowest BCUT2D eigenvalue weighted by molar-refractivity contribution is 0.202. The molecular weight excluding hydrogens is 216 g/mol. The molecule has 6 heteroatoms. The Labute approximate surface area is 91.1 Å². The summed E-state index contributed by atoms with van der Waals surface area (Å²) >= 11 is 5.69. The Hall–Kier alpha value is -2.24. The van der Waals surface area contributed by atoms with E-state index >= 15 is 0 Å². The summed E-state index contributed by atoms with van der Waals surface area (Å²) in [5.41, 5.74) is 1.79. The Balaban J connectivity index is 2.56. The molecular formula is C9H5ClN4O. The first-order valence-corrected chi connectivity index (χ1v) is 4.19. The van der Waals surface area contributed by atoms with Crippen LogP contribution in [0.5, 0.6) is 5.75 Å². The first kappa shape index (κ1) is 10.8. The molecule has 74 valence electrons. The molecule has 0 aliphatic rings. The predicted octanol–water partition coefficient (Wildman–Crippen LogP) is 1.63. The van der Waals surface area contributed by atoms with Crippen LogP contribution in [-0.2, 0) is 0 Å². The van der Waals surface area contributed by atoms with Gasteiger partial charge in [-0.05, 0) is 12.1 Å². The summed E-state index contributed by atoms with van der Waals surface area (Å²) in [6, 6.07) is 9.72. The van der Waals surface area contributed by atoms with Crippen LogP contribution in [0.15, 0.2) is 29.4 Å². The number of halogens is 1. The lowest BCUT2D eigenvalue weighted by atomic mass is 10.3. The monoisotopic (exact) mass is 220 g/mol. The summed E-state index contributed by atoms with van der Waals surface area (Å²) in [6.07, 6.45) is 0. The molecule has 0 saturated carbocycles. The van der Waals surface area contributed by atoms with Crippen LogP contribution >= 0.6 is 11.6 Å². The fraction of sp³-hybridized carbons (Fsp3) is 0.